The van der Waals surface area contributed by atoms with Crippen LogP contribution >= 0.6 is 0 Å². The zero-order valence-electron chi connectivity index (χ0n) is 16.5. The fourth-order valence-electron chi connectivity index (χ4n) is 3.02. The second-order valence-electron chi connectivity index (χ2n) is 6.84. The van der Waals surface area contributed by atoms with Crippen molar-refractivity contribution in [3.63, 3.8) is 0 Å². The molecule has 2 rings (SSSR count). The van der Waals surface area contributed by atoms with Crippen molar-refractivity contribution in [1.29, 1.82) is 0 Å². The first-order chi connectivity index (χ1) is 13.5. The van der Waals surface area contributed by atoms with Crippen molar-refractivity contribution in [2.75, 3.05) is 6.61 Å². The molecule has 28 heavy (non-hydrogen) atoms. The Bertz CT molecular complexity index is 604. The highest BCUT2D eigenvalue weighted by Gasteiger charge is 2.42. The molecule has 0 bridgehead atoms. The number of aliphatic hydroxyl groups excluding tert-OH is 1. The minimum absolute atomic E-state index is 0.0722. The van der Waals surface area contributed by atoms with Crippen LogP contribution in [0.1, 0.15) is 51.5 Å². The number of esters is 2. The van der Waals surface area contributed by atoms with Crippen LogP contribution in [0, 0.1) is 0 Å². The number of carbonyl (C=O) groups excluding carboxylic acids is 2. The Labute approximate surface area is 165 Å². The molecule has 1 unspecified atom stereocenters. The molecule has 7 heteroatoms. The maximum absolute atomic E-state index is 12.0. The summed E-state index contributed by atoms with van der Waals surface area (Å²) >= 11 is 0. The van der Waals surface area contributed by atoms with Crippen LogP contribution in [-0.2, 0) is 35.1 Å². The van der Waals surface area contributed by atoms with E-state index in [-0.39, 0.29) is 38.0 Å². The minimum atomic E-state index is -1.12. The average Bonchev–Trinajstić information content (AvgIpc) is 2.66. The van der Waals surface area contributed by atoms with Crippen LogP contribution in [0.3, 0.4) is 0 Å². The highest BCUT2D eigenvalue weighted by Crippen LogP contribution is 2.26. The van der Waals surface area contributed by atoms with Gasteiger partial charge in [0.2, 0.25) is 0 Å². The SMILES string of the molecule is CCCC(=O)OC[C@H]1OC(O)C[C@H](OC(=O)CCC)[C@H]1OCc1ccccc1. The predicted octanol–water partition coefficient (Wildman–Crippen LogP) is 2.73. The normalized spacial score (nSPS) is 24.5. The smallest absolute Gasteiger partial charge is 0.306 e. The van der Waals surface area contributed by atoms with Gasteiger partial charge in [-0.15, -0.1) is 0 Å². The number of rotatable bonds is 10. The van der Waals surface area contributed by atoms with E-state index in [2.05, 4.69) is 0 Å². The average molecular weight is 394 g/mol. The van der Waals surface area contributed by atoms with Gasteiger partial charge in [0.15, 0.2) is 6.29 Å². The van der Waals surface area contributed by atoms with E-state index < -0.39 is 24.6 Å². The number of hydrogen-bond donors (Lipinski definition) is 1. The molecule has 1 aromatic carbocycles. The lowest BCUT2D eigenvalue weighted by molar-refractivity contribution is -0.259. The highest BCUT2D eigenvalue weighted by atomic mass is 16.7. The van der Waals surface area contributed by atoms with Gasteiger partial charge < -0.3 is 24.1 Å². The van der Waals surface area contributed by atoms with Crippen LogP contribution in [0.15, 0.2) is 30.3 Å². The molecule has 4 atom stereocenters. The molecule has 0 saturated carbocycles. The van der Waals surface area contributed by atoms with E-state index in [4.69, 9.17) is 18.9 Å². The predicted molar refractivity (Wildman–Crippen MR) is 101 cm³/mol. The zero-order valence-corrected chi connectivity index (χ0v) is 16.5. The summed E-state index contributed by atoms with van der Waals surface area (Å²) in [4.78, 5) is 23.7. The Balaban J connectivity index is 2.08. The molecule has 1 aromatic rings. The summed E-state index contributed by atoms with van der Waals surface area (Å²) in [6.07, 6.45) is -1.14. The van der Waals surface area contributed by atoms with Crippen molar-refractivity contribution in [1.82, 2.24) is 0 Å². The molecule has 156 valence electrons. The van der Waals surface area contributed by atoms with E-state index in [0.29, 0.717) is 19.3 Å². The van der Waals surface area contributed by atoms with Gasteiger partial charge in [-0.1, -0.05) is 44.2 Å². The molecule has 1 heterocycles. The fourth-order valence-corrected chi connectivity index (χ4v) is 3.02. The Morgan fingerprint density at radius 2 is 1.79 bits per heavy atom. The topological polar surface area (TPSA) is 91.3 Å². The number of hydrogen-bond acceptors (Lipinski definition) is 7. The Morgan fingerprint density at radius 1 is 1.11 bits per heavy atom. The van der Waals surface area contributed by atoms with E-state index in [9.17, 15) is 14.7 Å². The molecule has 7 nitrogen and oxygen atoms in total. The highest BCUT2D eigenvalue weighted by molar-refractivity contribution is 5.69. The van der Waals surface area contributed by atoms with Gasteiger partial charge in [-0.25, -0.2) is 0 Å². The van der Waals surface area contributed by atoms with Crippen LogP contribution in [0.25, 0.3) is 0 Å². The maximum Gasteiger partial charge on any atom is 0.306 e. The van der Waals surface area contributed by atoms with Crippen LogP contribution < -0.4 is 0 Å². The van der Waals surface area contributed by atoms with E-state index in [1.807, 2.05) is 44.2 Å². The second-order valence-corrected chi connectivity index (χ2v) is 6.84. The summed E-state index contributed by atoms with van der Waals surface area (Å²) in [5.74, 6) is -0.691. The molecule has 1 aliphatic heterocycles. The summed E-state index contributed by atoms with van der Waals surface area (Å²) in [7, 11) is 0. The van der Waals surface area contributed by atoms with Crippen molar-refractivity contribution >= 4 is 11.9 Å². The van der Waals surface area contributed by atoms with Crippen LogP contribution in [0.5, 0.6) is 0 Å². The molecule has 0 radical (unpaired) electrons. The molecule has 0 aromatic heterocycles. The van der Waals surface area contributed by atoms with Gasteiger partial charge >= 0.3 is 11.9 Å². The molecule has 1 fully saturated rings. The van der Waals surface area contributed by atoms with Gasteiger partial charge in [0, 0.05) is 19.3 Å². The first-order valence-electron chi connectivity index (χ1n) is 9.87. The third kappa shape index (κ3) is 7.22. The monoisotopic (exact) mass is 394 g/mol. The lowest BCUT2D eigenvalue weighted by atomic mass is 10.0. The van der Waals surface area contributed by atoms with Gasteiger partial charge in [-0.05, 0) is 18.4 Å². The number of benzene rings is 1. The molecule has 1 N–H and O–H groups in total. The summed E-state index contributed by atoms with van der Waals surface area (Å²) in [5.41, 5.74) is 0.953. The van der Waals surface area contributed by atoms with Crippen molar-refractivity contribution in [3.05, 3.63) is 35.9 Å². The standard InChI is InChI=1S/C21H30O7/c1-3-8-18(22)25-14-17-21(26-13-15-10-6-5-7-11-15)16(12-20(24)28-17)27-19(23)9-4-2/h5-7,10-11,16-17,20-21,24H,3-4,8-9,12-14H2,1-2H3/t16-,17+,20?,21+/m0/s1. The number of carbonyl (C=O) groups is 2. The summed E-state index contributed by atoms with van der Waals surface area (Å²) in [6, 6.07) is 9.57. The molecule has 1 saturated heterocycles. The molecule has 1 aliphatic rings. The Morgan fingerprint density at radius 3 is 2.46 bits per heavy atom. The molecular formula is C21H30O7. The van der Waals surface area contributed by atoms with Gasteiger partial charge in [0.05, 0.1) is 6.61 Å². The lowest BCUT2D eigenvalue weighted by Gasteiger charge is -2.39. The quantitative estimate of drug-likeness (QED) is 0.610. The maximum atomic E-state index is 12.0. The molecular weight excluding hydrogens is 364 g/mol. The molecule has 0 spiro atoms. The van der Waals surface area contributed by atoms with Crippen molar-refractivity contribution < 1.29 is 33.6 Å². The molecule has 0 aliphatic carbocycles. The van der Waals surface area contributed by atoms with Crippen molar-refractivity contribution in [2.45, 2.75) is 77.2 Å². The summed E-state index contributed by atoms with van der Waals surface area (Å²) in [5, 5.41) is 10.1. The van der Waals surface area contributed by atoms with Crippen LogP contribution in [0.2, 0.25) is 0 Å². The third-order valence-corrected chi connectivity index (χ3v) is 4.38. The van der Waals surface area contributed by atoms with E-state index in [1.54, 1.807) is 0 Å². The Kier molecular flexibility index (Phi) is 9.40. The molecule has 0 amide bonds. The van der Waals surface area contributed by atoms with Crippen LogP contribution in [-0.4, -0.2) is 48.3 Å². The second kappa shape index (κ2) is 11.8. The first kappa shape index (κ1) is 22.3. The van der Waals surface area contributed by atoms with Crippen molar-refractivity contribution in [3.8, 4) is 0 Å². The van der Waals surface area contributed by atoms with Crippen LogP contribution in [0.4, 0.5) is 0 Å². The largest absolute Gasteiger partial charge is 0.463 e. The summed E-state index contributed by atoms with van der Waals surface area (Å²) < 4.78 is 22.4. The number of aliphatic hydroxyl groups is 1. The van der Waals surface area contributed by atoms with E-state index >= 15 is 0 Å². The van der Waals surface area contributed by atoms with Gasteiger partial charge in [0.1, 0.15) is 24.9 Å². The minimum Gasteiger partial charge on any atom is -0.463 e. The summed E-state index contributed by atoms with van der Waals surface area (Å²) in [6.45, 7) is 3.99. The first-order valence-corrected chi connectivity index (χ1v) is 9.87. The fraction of sp³-hybridized carbons (Fsp3) is 0.619. The zero-order chi connectivity index (χ0) is 20.4. The Hall–Kier alpha value is -1.96. The van der Waals surface area contributed by atoms with Gasteiger partial charge in [-0.3, -0.25) is 9.59 Å². The van der Waals surface area contributed by atoms with Crippen molar-refractivity contribution in [2.24, 2.45) is 0 Å². The third-order valence-electron chi connectivity index (χ3n) is 4.38. The van der Waals surface area contributed by atoms with E-state index in [0.717, 1.165) is 5.56 Å². The number of ether oxygens (including phenoxy) is 4. The van der Waals surface area contributed by atoms with Gasteiger partial charge in [-0.2, -0.15) is 0 Å². The van der Waals surface area contributed by atoms with E-state index in [1.165, 1.54) is 0 Å². The lowest BCUT2D eigenvalue weighted by Crippen LogP contribution is -2.53. The van der Waals surface area contributed by atoms with Gasteiger partial charge in [0.25, 0.3) is 0 Å².